The van der Waals surface area contributed by atoms with E-state index < -0.39 is 4.92 Å². The number of alkyl halides is 1. The lowest BCUT2D eigenvalue weighted by atomic mass is 10.3. The highest BCUT2D eigenvalue weighted by molar-refractivity contribution is 6.17. The first kappa shape index (κ1) is 12.4. The van der Waals surface area contributed by atoms with Gasteiger partial charge in [0, 0.05) is 6.04 Å². The molecule has 1 aromatic heterocycles. The van der Waals surface area contributed by atoms with Gasteiger partial charge in [0.1, 0.15) is 6.33 Å². The van der Waals surface area contributed by atoms with Crippen LogP contribution in [0, 0.1) is 10.1 Å². The van der Waals surface area contributed by atoms with Gasteiger partial charge in [0.2, 0.25) is 5.82 Å². The molecule has 0 aromatic carbocycles. The Balaban J connectivity index is 3.16. The maximum absolute atomic E-state index is 10.9. The van der Waals surface area contributed by atoms with Crippen molar-refractivity contribution < 1.29 is 9.66 Å². The summed E-state index contributed by atoms with van der Waals surface area (Å²) in [6.45, 7) is 3.68. The van der Waals surface area contributed by atoms with Crippen LogP contribution in [-0.2, 0) is 0 Å². The molecule has 0 atom stereocenters. The quantitative estimate of drug-likeness (QED) is 0.484. The number of aromatic nitrogens is 2. The maximum atomic E-state index is 10.9. The molecule has 7 nitrogen and oxygen atoms in total. The van der Waals surface area contributed by atoms with Crippen molar-refractivity contribution in [2.75, 3.05) is 11.4 Å². The molecule has 16 heavy (non-hydrogen) atoms. The van der Waals surface area contributed by atoms with Crippen LogP contribution >= 0.6 is 11.6 Å². The van der Waals surface area contributed by atoms with Crippen molar-refractivity contribution >= 4 is 23.1 Å². The molecular weight excluding hydrogens is 236 g/mol. The Labute approximate surface area is 97.0 Å². The summed E-state index contributed by atoms with van der Waals surface area (Å²) in [7, 11) is 0. The fourth-order valence-corrected chi connectivity index (χ4v) is 1.17. The van der Waals surface area contributed by atoms with Crippen molar-refractivity contribution in [2.24, 2.45) is 0 Å². The van der Waals surface area contributed by atoms with Gasteiger partial charge in [-0.05, 0) is 13.8 Å². The third-order valence-corrected chi connectivity index (χ3v) is 1.70. The van der Waals surface area contributed by atoms with Crippen LogP contribution in [0.5, 0.6) is 5.88 Å². The summed E-state index contributed by atoms with van der Waals surface area (Å²) in [4.78, 5) is 17.7. The minimum Gasteiger partial charge on any atom is -0.456 e. The molecule has 0 spiro atoms. The van der Waals surface area contributed by atoms with Crippen molar-refractivity contribution in [3.8, 4) is 5.88 Å². The molecule has 1 aromatic rings. The number of hydrogen-bond donors (Lipinski definition) is 1. The first-order chi connectivity index (χ1) is 7.56. The first-order valence-electron chi connectivity index (χ1n) is 4.51. The van der Waals surface area contributed by atoms with Crippen LogP contribution in [0.25, 0.3) is 0 Å². The van der Waals surface area contributed by atoms with Crippen LogP contribution in [0.4, 0.5) is 11.5 Å². The van der Waals surface area contributed by atoms with Crippen LogP contribution in [-0.4, -0.2) is 27.0 Å². The zero-order valence-corrected chi connectivity index (χ0v) is 9.56. The molecule has 0 unspecified atom stereocenters. The molecule has 88 valence electrons. The van der Waals surface area contributed by atoms with Crippen LogP contribution in [0.2, 0.25) is 0 Å². The Hall–Kier alpha value is -1.63. The highest BCUT2D eigenvalue weighted by Gasteiger charge is 2.24. The monoisotopic (exact) mass is 246 g/mol. The van der Waals surface area contributed by atoms with Gasteiger partial charge in [-0.3, -0.25) is 10.1 Å². The average Bonchev–Trinajstić information content (AvgIpc) is 2.16. The Kier molecular flexibility index (Phi) is 4.24. The summed E-state index contributed by atoms with van der Waals surface area (Å²) in [6, 6.07) is -0.198. The molecule has 0 saturated heterocycles. The summed E-state index contributed by atoms with van der Waals surface area (Å²) < 4.78 is 4.85. The van der Waals surface area contributed by atoms with Gasteiger partial charge in [-0.1, -0.05) is 11.6 Å². The SMILES string of the molecule is CC(C)Nc1ncnc(OCCl)c1[N+](=O)[O-]. The third-order valence-electron chi connectivity index (χ3n) is 1.59. The first-order valence-corrected chi connectivity index (χ1v) is 5.04. The van der Waals surface area contributed by atoms with E-state index in [9.17, 15) is 10.1 Å². The Morgan fingerprint density at radius 2 is 2.31 bits per heavy atom. The van der Waals surface area contributed by atoms with Gasteiger partial charge in [-0.25, -0.2) is 4.98 Å². The standard InChI is InChI=1S/C8H11ClN4O3/c1-5(2)12-7-6(13(14)15)8(16-3-9)11-4-10-7/h4-5H,3H2,1-2H3,(H,10,11,12). The lowest BCUT2D eigenvalue weighted by Gasteiger charge is -2.10. The van der Waals surface area contributed by atoms with E-state index in [1.54, 1.807) is 0 Å². The summed E-state index contributed by atoms with van der Waals surface area (Å²) in [5.41, 5.74) is -0.308. The second-order valence-electron chi connectivity index (χ2n) is 3.19. The number of hydrogen-bond acceptors (Lipinski definition) is 6. The number of rotatable bonds is 5. The van der Waals surface area contributed by atoms with Gasteiger partial charge in [0.05, 0.1) is 4.92 Å². The van der Waals surface area contributed by atoms with Gasteiger partial charge < -0.3 is 10.1 Å². The number of nitrogens with zero attached hydrogens (tertiary/aromatic N) is 3. The molecule has 0 radical (unpaired) electrons. The molecule has 1 heterocycles. The molecular formula is C8H11ClN4O3. The molecule has 1 rings (SSSR count). The molecule has 0 bridgehead atoms. The number of nitrogens with one attached hydrogen (secondary N) is 1. The summed E-state index contributed by atoms with van der Waals surface area (Å²) in [5.74, 6) is -0.0201. The van der Waals surface area contributed by atoms with Gasteiger partial charge in [-0.15, -0.1) is 0 Å². The van der Waals surface area contributed by atoms with E-state index in [0.29, 0.717) is 0 Å². The van der Waals surface area contributed by atoms with Crippen LogP contribution in [0.3, 0.4) is 0 Å². The van der Waals surface area contributed by atoms with Crippen molar-refractivity contribution in [1.29, 1.82) is 0 Å². The van der Waals surface area contributed by atoms with Crippen LogP contribution in [0.15, 0.2) is 6.33 Å². The molecule has 1 N–H and O–H groups in total. The molecule has 0 saturated carbocycles. The van der Waals surface area contributed by atoms with E-state index in [0.717, 1.165) is 0 Å². The Morgan fingerprint density at radius 3 is 2.81 bits per heavy atom. The second kappa shape index (κ2) is 5.45. The smallest absolute Gasteiger partial charge is 0.372 e. The third kappa shape index (κ3) is 2.93. The molecule has 0 aliphatic carbocycles. The maximum Gasteiger partial charge on any atom is 0.372 e. The Bertz CT molecular complexity index is 386. The van der Waals surface area contributed by atoms with E-state index in [1.807, 2.05) is 13.8 Å². The number of ether oxygens (including phenoxy) is 1. The predicted molar refractivity (Wildman–Crippen MR) is 58.8 cm³/mol. The fraction of sp³-hybridized carbons (Fsp3) is 0.500. The van der Waals surface area contributed by atoms with E-state index in [-0.39, 0.29) is 29.5 Å². The van der Waals surface area contributed by atoms with E-state index >= 15 is 0 Å². The number of anilines is 1. The molecule has 8 heteroatoms. The highest BCUT2D eigenvalue weighted by atomic mass is 35.5. The van der Waals surface area contributed by atoms with E-state index in [2.05, 4.69) is 15.3 Å². The second-order valence-corrected chi connectivity index (χ2v) is 3.40. The van der Waals surface area contributed by atoms with E-state index in [4.69, 9.17) is 16.3 Å². The van der Waals surface area contributed by atoms with Gasteiger partial charge in [0.15, 0.2) is 6.07 Å². The number of nitro groups is 1. The van der Waals surface area contributed by atoms with Gasteiger partial charge >= 0.3 is 11.6 Å². The van der Waals surface area contributed by atoms with Crippen molar-refractivity contribution in [3.63, 3.8) is 0 Å². The lowest BCUT2D eigenvalue weighted by Crippen LogP contribution is -2.13. The lowest BCUT2D eigenvalue weighted by molar-refractivity contribution is -0.385. The molecule has 0 aliphatic rings. The van der Waals surface area contributed by atoms with Crippen molar-refractivity contribution in [1.82, 2.24) is 9.97 Å². The van der Waals surface area contributed by atoms with Crippen molar-refractivity contribution in [3.05, 3.63) is 16.4 Å². The van der Waals surface area contributed by atoms with E-state index in [1.165, 1.54) is 6.33 Å². The highest BCUT2D eigenvalue weighted by Crippen LogP contribution is 2.31. The zero-order chi connectivity index (χ0) is 12.1. The average molecular weight is 247 g/mol. The summed E-state index contributed by atoms with van der Waals surface area (Å²) in [5, 5.41) is 13.7. The normalized spacial score (nSPS) is 10.2. The summed E-state index contributed by atoms with van der Waals surface area (Å²) in [6.07, 6.45) is 1.18. The number of halogens is 1. The van der Waals surface area contributed by atoms with Gasteiger partial charge in [-0.2, -0.15) is 4.98 Å². The van der Waals surface area contributed by atoms with Gasteiger partial charge in [0.25, 0.3) is 0 Å². The van der Waals surface area contributed by atoms with Crippen LogP contribution < -0.4 is 10.1 Å². The topological polar surface area (TPSA) is 90.2 Å². The fourth-order valence-electron chi connectivity index (χ4n) is 1.06. The predicted octanol–water partition coefficient (Wildman–Crippen LogP) is 1.78. The molecule has 0 amide bonds. The molecule has 0 aliphatic heterocycles. The zero-order valence-electron chi connectivity index (χ0n) is 8.81. The Morgan fingerprint density at radius 1 is 1.62 bits per heavy atom. The molecule has 0 fully saturated rings. The minimum absolute atomic E-state index is 0.0115. The van der Waals surface area contributed by atoms with Crippen LogP contribution in [0.1, 0.15) is 13.8 Å². The van der Waals surface area contributed by atoms with Crippen molar-refractivity contribution in [2.45, 2.75) is 19.9 Å². The largest absolute Gasteiger partial charge is 0.456 e. The minimum atomic E-state index is -0.605. The summed E-state index contributed by atoms with van der Waals surface area (Å²) >= 11 is 5.35.